The molecule has 102 valence electrons. The Kier molecular flexibility index (Phi) is 4.10. The zero-order valence-electron chi connectivity index (χ0n) is 10.9. The van der Waals surface area contributed by atoms with E-state index in [1.165, 1.54) is 24.4 Å². The number of hydrogen-bond donors (Lipinski definition) is 1. The van der Waals surface area contributed by atoms with Gasteiger partial charge in [0.25, 0.3) is 5.69 Å². The molecule has 0 unspecified atom stereocenters. The lowest BCUT2D eigenvalue weighted by Gasteiger charge is -2.06. The number of nitrogens with zero attached hydrogens (tertiary/aromatic N) is 2. The first-order chi connectivity index (χ1) is 9.58. The highest BCUT2D eigenvalue weighted by atomic mass is 16.6. The van der Waals surface area contributed by atoms with Crippen molar-refractivity contribution in [1.29, 1.82) is 0 Å². The van der Waals surface area contributed by atoms with Gasteiger partial charge in [-0.15, -0.1) is 0 Å². The minimum atomic E-state index is -0.503. The molecule has 5 heteroatoms. The topological polar surface area (TPSA) is 75.7 Å². The molecule has 5 nitrogen and oxygen atoms in total. The van der Waals surface area contributed by atoms with Crippen LogP contribution >= 0.6 is 0 Å². The summed E-state index contributed by atoms with van der Waals surface area (Å²) in [6.07, 6.45) is 1.46. The van der Waals surface area contributed by atoms with Crippen LogP contribution < -0.4 is 0 Å². The fraction of sp³-hybridized carbons (Fsp3) is 0.133. The molecule has 2 aromatic rings. The van der Waals surface area contributed by atoms with Crippen molar-refractivity contribution < 1.29 is 10.0 Å². The van der Waals surface area contributed by atoms with E-state index in [1.54, 1.807) is 0 Å². The first kappa shape index (κ1) is 13.7. The van der Waals surface area contributed by atoms with Crippen molar-refractivity contribution in [1.82, 2.24) is 0 Å². The summed E-state index contributed by atoms with van der Waals surface area (Å²) in [5, 5.41) is 20.4. The number of aliphatic imine (C=N–C) groups is 1. The van der Waals surface area contributed by atoms with Crippen molar-refractivity contribution in [2.24, 2.45) is 4.99 Å². The summed E-state index contributed by atoms with van der Waals surface area (Å²) in [5.74, 6) is -0.0281. The number of phenols is 1. The van der Waals surface area contributed by atoms with Crippen LogP contribution in [-0.2, 0) is 0 Å². The molecule has 0 heterocycles. The van der Waals surface area contributed by atoms with Crippen LogP contribution in [-0.4, -0.2) is 16.2 Å². The molecule has 0 bridgehead atoms. The molecular weight excluding hydrogens is 256 g/mol. The minimum absolute atomic E-state index is 0.0281. The molecule has 1 atom stereocenters. The van der Waals surface area contributed by atoms with Gasteiger partial charge in [0, 0.05) is 23.9 Å². The van der Waals surface area contributed by atoms with Gasteiger partial charge in [-0.05, 0) is 18.6 Å². The second-order valence-corrected chi connectivity index (χ2v) is 4.37. The van der Waals surface area contributed by atoms with Gasteiger partial charge in [0.1, 0.15) is 5.75 Å². The van der Waals surface area contributed by atoms with Gasteiger partial charge in [0.15, 0.2) is 0 Å². The molecule has 0 aliphatic rings. The van der Waals surface area contributed by atoms with E-state index in [1.807, 2.05) is 37.3 Å². The summed E-state index contributed by atoms with van der Waals surface area (Å²) in [6, 6.07) is 13.4. The number of nitro benzene ring substituents is 1. The van der Waals surface area contributed by atoms with E-state index in [4.69, 9.17) is 0 Å². The first-order valence-corrected chi connectivity index (χ1v) is 6.13. The van der Waals surface area contributed by atoms with Gasteiger partial charge in [-0.25, -0.2) is 0 Å². The van der Waals surface area contributed by atoms with E-state index < -0.39 is 4.92 Å². The Labute approximate surface area is 116 Å². The van der Waals surface area contributed by atoms with Crippen molar-refractivity contribution >= 4 is 11.9 Å². The lowest BCUT2D eigenvalue weighted by atomic mass is 10.1. The third kappa shape index (κ3) is 3.20. The summed E-state index contributed by atoms with van der Waals surface area (Å²) in [6.45, 7) is 1.92. The summed E-state index contributed by atoms with van der Waals surface area (Å²) in [7, 11) is 0. The van der Waals surface area contributed by atoms with Crippen LogP contribution in [0.25, 0.3) is 0 Å². The minimum Gasteiger partial charge on any atom is -0.507 e. The normalized spacial score (nSPS) is 12.4. The van der Waals surface area contributed by atoms with E-state index in [0.29, 0.717) is 5.56 Å². The number of aromatic hydroxyl groups is 1. The number of nitro groups is 1. The molecule has 0 saturated heterocycles. The summed E-state index contributed by atoms with van der Waals surface area (Å²) in [5.41, 5.74) is 1.30. The largest absolute Gasteiger partial charge is 0.507 e. The second kappa shape index (κ2) is 5.97. The van der Waals surface area contributed by atoms with E-state index in [2.05, 4.69) is 4.99 Å². The molecule has 2 aromatic carbocycles. The van der Waals surface area contributed by atoms with Crippen LogP contribution in [0.5, 0.6) is 5.75 Å². The van der Waals surface area contributed by atoms with Gasteiger partial charge in [-0.3, -0.25) is 15.1 Å². The van der Waals surface area contributed by atoms with Gasteiger partial charge in [-0.1, -0.05) is 30.3 Å². The maximum atomic E-state index is 10.7. The molecule has 20 heavy (non-hydrogen) atoms. The molecular formula is C15H14N2O3. The SMILES string of the molecule is C[C@H](N=Cc1cc([N+](=O)[O-])ccc1O)c1ccccc1. The van der Waals surface area contributed by atoms with Crippen LogP contribution in [0, 0.1) is 10.1 Å². The summed E-state index contributed by atoms with van der Waals surface area (Å²) >= 11 is 0. The number of hydrogen-bond acceptors (Lipinski definition) is 4. The van der Waals surface area contributed by atoms with Crippen molar-refractivity contribution in [2.45, 2.75) is 13.0 Å². The molecule has 0 amide bonds. The fourth-order valence-corrected chi connectivity index (χ4v) is 1.77. The standard InChI is InChI=1S/C15H14N2O3/c1-11(12-5-3-2-4-6-12)16-10-13-9-14(17(19)20)7-8-15(13)18/h2-11,18H,1H3/t11-/m0/s1. The zero-order valence-corrected chi connectivity index (χ0v) is 10.9. The zero-order chi connectivity index (χ0) is 14.5. The van der Waals surface area contributed by atoms with Crippen LogP contribution in [0.4, 0.5) is 5.69 Å². The molecule has 0 fully saturated rings. The van der Waals surface area contributed by atoms with Crippen LogP contribution in [0.1, 0.15) is 24.1 Å². The summed E-state index contributed by atoms with van der Waals surface area (Å²) < 4.78 is 0. The average molecular weight is 270 g/mol. The van der Waals surface area contributed by atoms with E-state index >= 15 is 0 Å². The highest BCUT2D eigenvalue weighted by Crippen LogP contribution is 2.22. The average Bonchev–Trinajstić information content (AvgIpc) is 2.46. The van der Waals surface area contributed by atoms with Crippen molar-refractivity contribution in [2.75, 3.05) is 0 Å². The quantitative estimate of drug-likeness (QED) is 0.525. The molecule has 0 radical (unpaired) electrons. The van der Waals surface area contributed by atoms with Gasteiger partial charge in [0.2, 0.25) is 0 Å². The predicted octanol–water partition coefficient (Wildman–Crippen LogP) is 3.48. The lowest BCUT2D eigenvalue weighted by molar-refractivity contribution is -0.384. The second-order valence-electron chi connectivity index (χ2n) is 4.37. The summed E-state index contributed by atoms with van der Waals surface area (Å²) in [4.78, 5) is 14.5. The van der Waals surface area contributed by atoms with Gasteiger partial charge >= 0.3 is 0 Å². The lowest BCUT2D eigenvalue weighted by Crippen LogP contribution is -1.93. The van der Waals surface area contributed by atoms with Crippen molar-refractivity contribution in [3.63, 3.8) is 0 Å². The maximum Gasteiger partial charge on any atom is 0.270 e. The smallest absolute Gasteiger partial charge is 0.270 e. The third-order valence-electron chi connectivity index (χ3n) is 2.94. The third-order valence-corrected chi connectivity index (χ3v) is 2.94. The Bertz CT molecular complexity index is 639. The number of non-ortho nitro benzene ring substituents is 1. The van der Waals surface area contributed by atoms with Crippen LogP contribution in [0.15, 0.2) is 53.5 Å². The Morgan fingerprint density at radius 2 is 1.95 bits per heavy atom. The van der Waals surface area contributed by atoms with Gasteiger partial charge in [0.05, 0.1) is 11.0 Å². The van der Waals surface area contributed by atoms with E-state index in [9.17, 15) is 15.2 Å². The molecule has 0 saturated carbocycles. The molecule has 0 aliphatic heterocycles. The van der Waals surface area contributed by atoms with E-state index in [0.717, 1.165) is 5.56 Å². The predicted molar refractivity (Wildman–Crippen MR) is 77.2 cm³/mol. The van der Waals surface area contributed by atoms with Gasteiger partial charge < -0.3 is 5.11 Å². The van der Waals surface area contributed by atoms with Gasteiger partial charge in [-0.2, -0.15) is 0 Å². The number of benzene rings is 2. The molecule has 0 aliphatic carbocycles. The van der Waals surface area contributed by atoms with Crippen molar-refractivity contribution in [3.05, 3.63) is 69.8 Å². The number of phenolic OH excluding ortho intramolecular Hbond substituents is 1. The Balaban J connectivity index is 2.23. The Morgan fingerprint density at radius 1 is 1.25 bits per heavy atom. The molecule has 0 aromatic heterocycles. The highest BCUT2D eigenvalue weighted by molar-refractivity contribution is 5.84. The van der Waals surface area contributed by atoms with Crippen LogP contribution in [0.2, 0.25) is 0 Å². The van der Waals surface area contributed by atoms with Crippen molar-refractivity contribution in [3.8, 4) is 5.75 Å². The highest BCUT2D eigenvalue weighted by Gasteiger charge is 2.09. The molecule has 0 spiro atoms. The fourth-order valence-electron chi connectivity index (χ4n) is 1.77. The Hall–Kier alpha value is -2.69. The Morgan fingerprint density at radius 3 is 2.60 bits per heavy atom. The maximum absolute atomic E-state index is 10.7. The van der Waals surface area contributed by atoms with E-state index in [-0.39, 0.29) is 17.5 Å². The van der Waals surface area contributed by atoms with Crippen LogP contribution in [0.3, 0.4) is 0 Å². The first-order valence-electron chi connectivity index (χ1n) is 6.13. The monoisotopic (exact) mass is 270 g/mol. The molecule has 2 rings (SSSR count). The number of rotatable bonds is 4. The molecule has 1 N–H and O–H groups in total.